The number of halogens is 1. The summed E-state index contributed by atoms with van der Waals surface area (Å²) in [4.78, 5) is 0. The van der Waals surface area contributed by atoms with Crippen LogP contribution in [0.3, 0.4) is 0 Å². The first-order chi connectivity index (χ1) is 9.15. The van der Waals surface area contributed by atoms with E-state index in [0.29, 0.717) is 16.4 Å². The number of nitrogens with zero attached hydrogens (tertiary/aromatic N) is 2. The molecule has 0 unspecified atom stereocenters. The lowest BCUT2D eigenvalue weighted by Gasteiger charge is -2.03. The lowest BCUT2D eigenvalue weighted by Crippen LogP contribution is -1.95. The van der Waals surface area contributed by atoms with E-state index >= 15 is 0 Å². The maximum absolute atomic E-state index is 6.12. The zero-order valence-electron chi connectivity index (χ0n) is 10.3. The first kappa shape index (κ1) is 11.9. The van der Waals surface area contributed by atoms with E-state index in [1.54, 1.807) is 23.4 Å². The smallest absolute Gasteiger partial charge is 0.119 e. The first-order valence-corrected chi connectivity index (χ1v) is 6.17. The van der Waals surface area contributed by atoms with E-state index < -0.39 is 0 Å². The molecule has 0 fully saturated rings. The first-order valence-electron chi connectivity index (χ1n) is 5.79. The van der Waals surface area contributed by atoms with Crippen molar-refractivity contribution in [2.24, 2.45) is 0 Å². The van der Waals surface area contributed by atoms with Crippen LogP contribution in [0.25, 0.3) is 16.9 Å². The molecular formula is C14H12ClN3O. The molecule has 5 heteroatoms. The minimum absolute atomic E-state index is 0.595. The van der Waals surface area contributed by atoms with Gasteiger partial charge in [-0.3, -0.25) is 0 Å². The van der Waals surface area contributed by atoms with E-state index in [0.717, 1.165) is 16.8 Å². The van der Waals surface area contributed by atoms with Gasteiger partial charge in [-0.1, -0.05) is 17.7 Å². The maximum Gasteiger partial charge on any atom is 0.119 e. The Kier molecular flexibility index (Phi) is 2.80. The van der Waals surface area contributed by atoms with Gasteiger partial charge in [0, 0.05) is 10.6 Å². The van der Waals surface area contributed by atoms with Crippen molar-refractivity contribution in [3.63, 3.8) is 0 Å². The number of hydrogen-bond acceptors (Lipinski definition) is 3. The van der Waals surface area contributed by atoms with Gasteiger partial charge in [0.2, 0.25) is 0 Å². The van der Waals surface area contributed by atoms with Crippen LogP contribution in [-0.4, -0.2) is 9.78 Å². The van der Waals surface area contributed by atoms with Crippen molar-refractivity contribution in [3.8, 4) is 16.9 Å². The van der Waals surface area contributed by atoms with Gasteiger partial charge < -0.3 is 10.2 Å². The Bertz CT molecular complexity index is 716. The van der Waals surface area contributed by atoms with Crippen LogP contribution < -0.4 is 5.73 Å². The molecule has 3 aromatic rings. The molecule has 0 saturated heterocycles. The highest BCUT2D eigenvalue weighted by molar-refractivity contribution is 6.31. The lowest BCUT2D eigenvalue weighted by atomic mass is 10.2. The van der Waals surface area contributed by atoms with Gasteiger partial charge in [-0.15, -0.1) is 0 Å². The van der Waals surface area contributed by atoms with Gasteiger partial charge in [-0.05, 0) is 30.7 Å². The van der Waals surface area contributed by atoms with Gasteiger partial charge in [-0.25, -0.2) is 4.68 Å². The number of nitrogen functional groups attached to an aromatic ring is 1. The van der Waals surface area contributed by atoms with Gasteiger partial charge in [0.05, 0.1) is 30.1 Å². The third-order valence-electron chi connectivity index (χ3n) is 2.96. The molecule has 1 aromatic carbocycles. The normalized spacial score (nSPS) is 10.8. The average Bonchev–Trinajstić information content (AvgIpc) is 3.01. The van der Waals surface area contributed by atoms with Crippen LogP contribution >= 0.6 is 11.6 Å². The highest BCUT2D eigenvalue weighted by Gasteiger charge is 2.11. The summed E-state index contributed by atoms with van der Waals surface area (Å²) < 4.78 is 6.76. The number of anilines is 1. The fourth-order valence-corrected chi connectivity index (χ4v) is 2.04. The molecule has 2 heterocycles. The summed E-state index contributed by atoms with van der Waals surface area (Å²) in [5.74, 6) is 0. The van der Waals surface area contributed by atoms with E-state index in [4.69, 9.17) is 21.8 Å². The van der Waals surface area contributed by atoms with Crippen LogP contribution in [0, 0.1) is 6.92 Å². The molecule has 0 saturated carbocycles. The second-order valence-corrected chi connectivity index (χ2v) is 4.73. The molecule has 0 bridgehead atoms. The van der Waals surface area contributed by atoms with Crippen molar-refractivity contribution in [2.75, 3.05) is 5.73 Å². The van der Waals surface area contributed by atoms with Crippen molar-refractivity contribution in [1.29, 1.82) is 0 Å². The van der Waals surface area contributed by atoms with E-state index in [-0.39, 0.29) is 0 Å². The number of aryl methyl sites for hydroxylation is 1. The third kappa shape index (κ3) is 2.11. The van der Waals surface area contributed by atoms with Crippen LogP contribution in [0.4, 0.5) is 5.69 Å². The fraction of sp³-hybridized carbons (Fsp3) is 0.0714. The van der Waals surface area contributed by atoms with Crippen LogP contribution in [-0.2, 0) is 0 Å². The van der Waals surface area contributed by atoms with Crippen molar-refractivity contribution < 1.29 is 4.42 Å². The standard InChI is InChI=1S/C14H12ClN3O/c1-9-2-3-11(6-12(9)15)18-7-13(16)14(17-18)10-4-5-19-8-10/h2-8H,16H2,1H3. The van der Waals surface area contributed by atoms with Crippen molar-refractivity contribution in [2.45, 2.75) is 6.92 Å². The van der Waals surface area contributed by atoms with Crippen LogP contribution in [0.2, 0.25) is 5.02 Å². The molecule has 19 heavy (non-hydrogen) atoms. The Morgan fingerprint density at radius 3 is 2.84 bits per heavy atom. The average molecular weight is 274 g/mol. The van der Waals surface area contributed by atoms with Gasteiger partial charge >= 0.3 is 0 Å². The van der Waals surface area contributed by atoms with Gasteiger partial charge in [0.1, 0.15) is 5.69 Å². The number of rotatable bonds is 2. The number of aromatic nitrogens is 2. The summed E-state index contributed by atoms with van der Waals surface area (Å²) >= 11 is 6.12. The molecule has 3 rings (SSSR count). The predicted octanol–water partition coefficient (Wildman–Crippen LogP) is 3.68. The van der Waals surface area contributed by atoms with E-state index in [1.807, 2.05) is 31.2 Å². The van der Waals surface area contributed by atoms with E-state index in [9.17, 15) is 0 Å². The maximum atomic E-state index is 6.12. The van der Waals surface area contributed by atoms with Crippen LogP contribution in [0.1, 0.15) is 5.56 Å². The Labute approximate surface area is 115 Å². The largest absolute Gasteiger partial charge is 0.472 e. The fourth-order valence-electron chi connectivity index (χ4n) is 1.87. The van der Waals surface area contributed by atoms with Crippen LogP contribution in [0.15, 0.2) is 47.4 Å². The molecule has 2 aromatic heterocycles. The molecule has 0 aliphatic carbocycles. The summed E-state index contributed by atoms with van der Waals surface area (Å²) in [6.45, 7) is 1.96. The molecule has 0 atom stereocenters. The predicted molar refractivity (Wildman–Crippen MR) is 75.4 cm³/mol. The third-order valence-corrected chi connectivity index (χ3v) is 3.36. The monoisotopic (exact) mass is 273 g/mol. The van der Waals surface area contributed by atoms with Crippen molar-refractivity contribution in [3.05, 3.63) is 53.6 Å². The molecule has 96 valence electrons. The quantitative estimate of drug-likeness (QED) is 0.775. The second-order valence-electron chi connectivity index (χ2n) is 4.32. The van der Waals surface area contributed by atoms with Crippen LogP contribution in [0.5, 0.6) is 0 Å². The minimum Gasteiger partial charge on any atom is -0.472 e. The molecular weight excluding hydrogens is 262 g/mol. The number of nitrogens with two attached hydrogens (primary N) is 1. The highest BCUT2D eigenvalue weighted by Crippen LogP contribution is 2.26. The zero-order valence-corrected chi connectivity index (χ0v) is 11.1. The molecule has 0 aliphatic heterocycles. The topological polar surface area (TPSA) is 57.0 Å². The second kappa shape index (κ2) is 4.48. The Morgan fingerprint density at radius 1 is 1.32 bits per heavy atom. The van der Waals surface area contributed by atoms with Crippen molar-refractivity contribution in [1.82, 2.24) is 9.78 Å². The molecule has 2 N–H and O–H groups in total. The molecule has 0 spiro atoms. The SMILES string of the molecule is Cc1ccc(-n2cc(N)c(-c3ccoc3)n2)cc1Cl. The van der Waals surface area contributed by atoms with Gasteiger partial charge in [0.25, 0.3) is 0 Å². The Hall–Kier alpha value is -2.20. The Balaban J connectivity index is 2.07. The summed E-state index contributed by atoms with van der Waals surface area (Å²) in [5, 5.41) is 5.17. The highest BCUT2D eigenvalue weighted by atomic mass is 35.5. The lowest BCUT2D eigenvalue weighted by molar-refractivity contribution is 0.568. The number of hydrogen-bond donors (Lipinski definition) is 1. The summed E-state index contributed by atoms with van der Waals surface area (Å²) in [6, 6.07) is 7.59. The molecule has 0 amide bonds. The molecule has 0 radical (unpaired) electrons. The van der Waals surface area contributed by atoms with Crippen molar-refractivity contribution >= 4 is 17.3 Å². The zero-order chi connectivity index (χ0) is 13.4. The van der Waals surface area contributed by atoms with E-state index in [1.165, 1.54) is 0 Å². The van der Waals surface area contributed by atoms with Gasteiger partial charge in [0.15, 0.2) is 0 Å². The summed E-state index contributed by atoms with van der Waals surface area (Å²) in [7, 11) is 0. The molecule has 4 nitrogen and oxygen atoms in total. The minimum atomic E-state index is 0.595. The Morgan fingerprint density at radius 2 is 2.16 bits per heavy atom. The number of furan rings is 1. The van der Waals surface area contributed by atoms with Gasteiger partial charge in [-0.2, -0.15) is 5.10 Å². The summed E-state index contributed by atoms with van der Waals surface area (Å²) in [5.41, 5.74) is 10.0. The molecule has 0 aliphatic rings. The number of benzene rings is 1. The summed E-state index contributed by atoms with van der Waals surface area (Å²) in [6.07, 6.45) is 4.98. The van der Waals surface area contributed by atoms with E-state index in [2.05, 4.69) is 5.10 Å².